The molecule has 0 heterocycles. The van der Waals surface area contributed by atoms with Crippen LogP contribution < -0.4 is 11.1 Å². The highest BCUT2D eigenvalue weighted by molar-refractivity contribution is 5.77. The predicted octanol–water partition coefficient (Wildman–Crippen LogP) is -0.990. The van der Waals surface area contributed by atoms with Crippen molar-refractivity contribution in [3.63, 3.8) is 0 Å². The Kier molecular flexibility index (Phi) is 7.29. The zero-order valence-corrected chi connectivity index (χ0v) is 9.86. The fourth-order valence-corrected chi connectivity index (χ4v) is 1.12. The molecule has 90 valence electrons. The fraction of sp³-hybridized carbons (Fsp3) is 0.900. The van der Waals surface area contributed by atoms with Gasteiger partial charge < -0.3 is 16.2 Å². The van der Waals surface area contributed by atoms with Gasteiger partial charge in [0.1, 0.15) is 0 Å². The Morgan fingerprint density at radius 3 is 2.60 bits per heavy atom. The van der Waals surface area contributed by atoms with Gasteiger partial charge in [0.25, 0.3) is 0 Å². The van der Waals surface area contributed by atoms with Crippen LogP contribution in [0.4, 0.5) is 0 Å². The van der Waals surface area contributed by atoms with Gasteiger partial charge in [0, 0.05) is 19.6 Å². The molecule has 0 rings (SSSR count). The maximum Gasteiger partial charge on any atom is 0.234 e. The molecule has 5 nitrogen and oxygen atoms in total. The van der Waals surface area contributed by atoms with Gasteiger partial charge in [-0.05, 0) is 13.0 Å². The average Bonchev–Trinajstić information content (AvgIpc) is 2.14. The maximum absolute atomic E-state index is 11.4. The van der Waals surface area contributed by atoms with E-state index in [1.54, 1.807) is 11.9 Å². The van der Waals surface area contributed by atoms with Gasteiger partial charge in [-0.25, -0.2) is 0 Å². The maximum atomic E-state index is 11.4. The molecule has 0 bridgehead atoms. The van der Waals surface area contributed by atoms with Crippen molar-refractivity contribution in [2.45, 2.75) is 20.0 Å². The molecule has 0 aromatic carbocycles. The molecule has 0 aliphatic rings. The lowest BCUT2D eigenvalue weighted by molar-refractivity contribution is -0.122. The van der Waals surface area contributed by atoms with Gasteiger partial charge in [-0.15, -0.1) is 0 Å². The molecular formula is C10H23N3O2. The number of hydrogen-bond acceptors (Lipinski definition) is 4. The number of nitrogens with two attached hydrogens (primary N) is 1. The van der Waals surface area contributed by atoms with Crippen LogP contribution in [0.25, 0.3) is 0 Å². The van der Waals surface area contributed by atoms with Gasteiger partial charge in [0.15, 0.2) is 0 Å². The third-order valence-corrected chi connectivity index (χ3v) is 1.92. The van der Waals surface area contributed by atoms with Gasteiger partial charge in [0.05, 0.1) is 12.6 Å². The predicted molar refractivity (Wildman–Crippen MR) is 60.4 cm³/mol. The van der Waals surface area contributed by atoms with E-state index in [4.69, 9.17) is 5.73 Å². The highest BCUT2D eigenvalue weighted by Gasteiger charge is 2.10. The van der Waals surface area contributed by atoms with Gasteiger partial charge in [0.2, 0.25) is 5.91 Å². The summed E-state index contributed by atoms with van der Waals surface area (Å²) in [6.45, 7) is 5.71. The number of aliphatic hydroxyl groups is 1. The first kappa shape index (κ1) is 14.3. The second kappa shape index (κ2) is 7.62. The molecule has 5 heteroatoms. The summed E-state index contributed by atoms with van der Waals surface area (Å²) in [6.07, 6.45) is -0.562. The fourth-order valence-electron chi connectivity index (χ4n) is 1.12. The molecule has 0 aliphatic carbocycles. The summed E-state index contributed by atoms with van der Waals surface area (Å²) >= 11 is 0. The van der Waals surface area contributed by atoms with Crippen LogP contribution in [0.5, 0.6) is 0 Å². The van der Waals surface area contributed by atoms with Gasteiger partial charge in [-0.3, -0.25) is 9.69 Å². The van der Waals surface area contributed by atoms with E-state index in [9.17, 15) is 9.90 Å². The van der Waals surface area contributed by atoms with Crippen molar-refractivity contribution in [2.24, 2.45) is 11.7 Å². The van der Waals surface area contributed by atoms with Crippen molar-refractivity contribution in [1.29, 1.82) is 0 Å². The van der Waals surface area contributed by atoms with Gasteiger partial charge >= 0.3 is 0 Å². The van der Waals surface area contributed by atoms with Crippen molar-refractivity contribution >= 4 is 5.91 Å². The first-order valence-corrected chi connectivity index (χ1v) is 5.29. The molecule has 1 unspecified atom stereocenters. The Balaban J connectivity index is 3.66. The number of aliphatic hydroxyl groups excluding tert-OH is 1. The number of carbonyl (C=O) groups excluding carboxylic acids is 1. The van der Waals surface area contributed by atoms with E-state index in [0.29, 0.717) is 25.6 Å². The van der Waals surface area contributed by atoms with E-state index in [0.717, 1.165) is 0 Å². The van der Waals surface area contributed by atoms with Crippen molar-refractivity contribution in [3.05, 3.63) is 0 Å². The lowest BCUT2D eigenvalue weighted by Crippen LogP contribution is -2.41. The number of rotatable bonds is 7. The first-order chi connectivity index (χ1) is 6.95. The summed E-state index contributed by atoms with van der Waals surface area (Å²) in [5, 5.41) is 12.1. The second-order valence-electron chi connectivity index (χ2n) is 4.28. The SMILES string of the molecule is CC(C)CNC(=O)CN(C)CC(O)CN. The Hall–Kier alpha value is -0.650. The molecule has 1 amide bonds. The van der Waals surface area contributed by atoms with E-state index in [1.165, 1.54) is 0 Å². The lowest BCUT2D eigenvalue weighted by Gasteiger charge is -2.19. The molecule has 0 radical (unpaired) electrons. The molecule has 0 fully saturated rings. The van der Waals surface area contributed by atoms with Crippen LogP contribution in [0.15, 0.2) is 0 Å². The van der Waals surface area contributed by atoms with Crippen molar-refractivity contribution in [1.82, 2.24) is 10.2 Å². The highest BCUT2D eigenvalue weighted by Crippen LogP contribution is 1.89. The molecule has 1 atom stereocenters. The smallest absolute Gasteiger partial charge is 0.234 e. The number of nitrogens with zero attached hydrogens (tertiary/aromatic N) is 1. The zero-order chi connectivity index (χ0) is 11.8. The number of likely N-dealkylation sites (N-methyl/N-ethyl adjacent to an activating group) is 1. The number of hydrogen-bond donors (Lipinski definition) is 3. The minimum absolute atomic E-state index is 0.0181. The Morgan fingerprint density at radius 1 is 1.53 bits per heavy atom. The van der Waals surface area contributed by atoms with E-state index in [-0.39, 0.29) is 12.5 Å². The van der Waals surface area contributed by atoms with Crippen molar-refractivity contribution in [3.8, 4) is 0 Å². The summed E-state index contributed by atoms with van der Waals surface area (Å²) in [4.78, 5) is 13.1. The molecule has 0 aliphatic heterocycles. The standard InChI is InChI=1S/C10H23N3O2/c1-8(2)5-12-10(15)7-13(3)6-9(14)4-11/h8-9,14H,4-7,11H2,1-3H3,(H,12,15). The third-order valence-electron chi connectivity index (χ3n) is 1.92. The van der Waals surface area contributed by atoms with E-state index in [1.807, 2.05) is 13.8 Å². The van der Waals surface area contributed by atoms with Crippen molar-refractivity contribution in [2.75, 3.05) is 33.2 Å². The quantitative estimate of drug-likeness (QED) is 0.511. The van der Waals surface area contributed by atoms with Crippen LogP contribution in [0, 0.1) is 5.92 Å². The number of amides is 1. The summed E-state index contributed by atoms with van der Waals surface area (Å²) < 4.78 is 0. The molecule has 0 spiro atoms. The molecule has 0 aromatic heterocycles. The van der Waals surface area contributed by atoms with Crippen LogP contribution in [-0.4, -0.2) is 55.2 Å². The molecular weight excluding hydrogens is 194 g/mol. The minimum Gasteiger partial charge on any atom is -0.390 e. The van der Waals surface area contributed by atoms with Gasteiger partial charge in [-0.2, -0.15) is 0 Å². The number of carbonyl (C=O) groups is 1. The highest BCUT2D eigenvalue weighted by atomic mass is 16.3. The summed E-state index contributed by atoms with van der Waals surface area (Å²) in [5.74, 6) is 0.435. The zero-order valence-electron chi connectivity index (χ0n) is 9.86. The molecule has 0 saturated heterocycles. The molecule has 4 N–H and O–H groups in total. The van der Waals surface area contributed by atoms with E-state index < -0.39 is 6.10 Å². The van der Waals surface area contributed by atoms with E-state index >= 15 is 0 Å². The number of nitrogens with one attached hydrogen (secondary N) is 1. The second-order valence-corrected chi connectivity index (χ2v) is 4.28. The summed E-state index contributed by atoms with van der Waals surface area (Å²) in [7, 11) is 1.79. The van der Waals surface area contributed by atoms with E-state index in [2.05, 4.69) is 5.32 Å². The average molecular weight is 217 g/mol. The summed E-state index contributed by atoms with van der Waals surface area (Å²) in [5.41, 5.74) is 5.27. The molecule has 0 saturated carbocycles. The van der Waals surface area contributed by atoms with Crippen molar-refractivity contribution < 1.29 is 9.90 Å². The minimum atomic E-state index is -0.562. The van der Waals surface area contributed by atoms with Crippen LogP contribution in [0.1, 0.15) is 13.8 Å². The first-order valence-electron chi connectivity index (χ1n) is 5.29. The molecule has 0 aromatic rings. The monoisotopic (exact) mass is 217 g/mol. The van der Waals surface area contributed by atoms with Gasteiger partial charge in [-0.1, -0.05) is 13.8 Å². The normalized spacial score (nSPS) is 13.3. The Labute approximate surface area is 91.6 Å². The Morgan fingerprint density at radius 2 is 2.13 bits per heavy atom. The lowest BCUT2D eigenvalue weighted by atomic mass is 10.2. The largest absolute Gasteiger partial charge is 0.390 e. The van der Waals surface area contributed by atoms with Crippen LogP contribution in [0.3, 0.4) is 0 Å². The third kappa shape index (κ3) is 8.35. The Bertz CT molecular complexity index is 186. The van der Waals surface area contributed by atoms with Crippen LogP contribution in [0.2, 0.25) is 0 Å². The van der Waals surface area contributed by atoms with Crippen LogP contribution >= 0.6 is 0 Å². The van der Waals surface area contributed by atoms with Crippen LogP contribution in [-0.2, 0) is 4.79 Å². The topological polar surface area (TPSA) is 78.6 Å². The summed E-state index contributed by atoms with van der Waals surface area (Å²) in [6, 6.07) is 0. The molecule has 15 heavy (non-hydrogen) atoms.